The molecule has 0 bridgehead atoms. The van der Waals surface area contributed by atoms with Crippen LogP contribution in [0.5, 0.6) is 11.5 Å². The molecule has 0 saturated carbocycles. The van der Waals surface area contributed by atoms with E-state index in [4.69, 9.17) is 9.47 Å². The Bertz CT molecular complexity index is 819. The number of likely N-dealkylation sites (N-methyl/N-ethyl adjacent to an activating group) is 1. The monoisotopic (exact) mass is 381 g/mol. The summed E-state index contributed by atoms with van der Waals surface area (Å²) in [7, 11) is 1.99. The molecule has 1 fully saturated rings. The minimum Gasteiger partial charge on any atom is -0.454 e. The van der Waals surface area contributed by atoms with Crippen molar-refractivity contribution in [3.05, 3.63) is 54.1 Å². The van der Waals surface area contributed by atoms with E-state index in [1.165, 1.54) is 5.69 Å². The Labute approximate surface area is 166 Å². The zero-order chi connectivity index (χ0) is 19.5. The van der Waals surface area contributed by atoms with Gasteiger partial charge in [0.05, 0.1) is 6.04 Å². The third-order valence-electron chi connectivity index (χ3n) is 5.60. The molecule has 0 N–H and O–H groups in total. The van der Waals surface area contributed by atoms with Gasteiger partial charge >= 0.3 is 0 Å². The molecular weight excluding hydrogens is 354 g/mol. The van der Waals surface area contributed by atoms with Crippen molar-refractivity contribution in [3.63, 3.8) is 0 Å². The first kappa shape index (κ1) is 18.6. The quantitative estimate of drug-likeness (QED) is 0.797. The highest BCUT2D eigenvalue weighted by atomic mass is 16.7. The van der Waals surface area contributed by atoms with Gasteiger partial charge in [-0.05, 0) is 43.8 Å². The lowest BCUT2D eigenvalue weighted by atomic mass is 10.1. The number of rotatable bonds is 5. The van der Waals surface area contributed by atoms with Crippen LogP contribution in [0.3, 0.4) is 0 Å². The average molecular weight is 381 g/mol. The van der Waals surface area contributed by atoms with Crippen molar-refractivity contribution >= 4 is 11.6 Å². The Hall–Kier alpha value is -2.73. The van der Waals surface area contributed by atoms with Crippen LogP contribution in [0, 0.1) is 0 Å². The second kappa shape index (κ2) is 8.10. The van der Waals surface area contributed by atoms with E-state index in [2.05, 4.69) is 34.1 Å². The normalized spacial score (nSPS) is 17.1. The fourth-order valence-corrected chi connectivity index (χ4v) is 3.74. The Balaban J connectivity index is 1.32. The van der Waals surface area contributed by atoms with Gasteiger partial charge in [0.1, 0.15) is 0 Å². The fourth-order valence-electron chi connectivity index (χ4n) is 3.74. The highest BCUT2D eigenvalue weighted by Gasteiger charge is 2.27. The molecule has 0 aromatic heterocycles. The van der Waals surface area contributed by atoms with Crippen molar-refractivity contribution in [1.29, 1.82) is 0 Å². The number of nitrogens with zero attached hydrogens (tertiary/aromatic N) is 3. The molecule has 28 heavy (non-hydrogen) atoms. The van der Waals surface area contributed by atoms with E-state index in [0.29, 0.717) is 6.54 Å². The number of carbonyl (C=O) groups excluding carboxylic acids is 1. The highest BCUT2D eigenvalue weighted by Crippen LogP contribution is 2.32. The van der Waals surface area contributed by atoms with Gasteiger partial charge in [0, 0.05) is 38.4 Å². The lowest BCUT2D eigenvalue weighted by Gasteiger charge is -2.38. The van der Waals surface area contributed by atoms with Gasteiger partial charge in [0.15, 0.2) is 11.5 Å². The summed E-state index contributed by atoms with van der Waals surface area (Å²) in [5.41, 5.74) is 2.34. The largest absolute Gasteiger partial charge is 0.454 e. The average Bonchev–Trinajstić information content (AvgIpc) is 3.21. The lowest BCUT2D eigenvalue weighted by molar-refractivity contribution is -0.136. The number of carbonyl (C=O) groups is 1. The van der Waals surface area contributed by atoms with Crippen molar-refractivity contribution in [1.82, 2.24) is 9.80 Å². The summed E-state index contributed by atoms with van der Waals surface area (Å²) in [4.78, 5) is 19.4. The third kappa shape index (κ3) is 3.92. The van der Waals surface area contributed by atoms with E-state index >= 15 is 0 Å². The van der Waals surface area contributed by atoms with Gasteiger partial charge in [-0.25, -0.2) is 0 Å². The summed E-state index contributed by atoms with van der Waals surface area (Å²) in [6.07, 6.45) is 0. The maximum absolute atomic E-state index is 13.0. The molecule has 0 radical (unpaired) electrons. The topological polar surface area (TPSA) is 45.3 Å². The van der Waals surface area contributed by atoms with Crippen molar-refractivity contribution < 1.29 is 14.3 Å². The second-order valence-electron chi connectivity index (χ2n) is 7.43. The van der Waals surface area contributed by atoms with Gasteiger partial charge in [0.2, 0.25) is 12.7 Å². The number of hydrogen-bond acceptors (Lipinski definition) is 5. The molecule has 4 rings (SSSR count). The summed E-state index contributed by atoms with van der Waals surface area (Å²) < 4.78 is 10.8. The number of piperazine rings is 1. The van der Waals surface area contributed by atoms with E-state index in [1.54, 1.807) is 0 Å². The number of amides is 1. The summed E-state index contributed by atoms with van der Waals surface area (Å²) in [5, 5.41) is 0. The van der Waals surface area contributed by atoms with Crippen LogP contribution in [0.15, 0.2) is 48.5 Å². The minimum absolute atomic E-state index is 0.173. The maximum atomic E-state index is 13.0. The predicted molar refractivity (Wildman–Crippen MR) is 109 cm³/mol. The maximum Gasteiger partial charge on any atom is 0.239 e. The smallest absolute Gasteiger partial charge is 0.239 e. The van der Waals surface area contributed by atoms with Crippen LogP contribution < -0.4 is 14.4 Å². The van der Waals surface area contributed by atoms with Crippen molar-refractivity contribution in [3.8, 4) is 11.5 Å². The van der Waals surface area contributed by atoms with Crippen LogP contribution in [-0.2, 0) is 11.3 Å². The SMILES string of the molecule is CC(C(=O)N1CCN(c2ccccc2)CC1)N(C)Cc1ccc2c(c1)OCO2. The molecule has 2 aliphatic heterocycles. The van der Waals surface area contributed by atoms with Crippen molar-refractivity contribution in [2.24, 2.45) is 0 Å². The van der Waals surface area contributed by atoms with Crippen LogP contribution in [0.1, 0.15) is 12.5 Å². The van der Waals surface area contributed by atoms with Crippen LogP contribution in [0.4, 0.5) is 5.69 Å². The first-order valence-electron chi connectivity index (χ1n) is 9.79. The number of hydrogen-bond donors (Lipinski definition) is 0. The molecule has 2 aliphatic rings. The number of anilines is 1. The summed E-state index contributed by atoms with van der Waals surface area (Å²) in [6.45, 7) is 6.21. The van der Waals surface area contributed by atoms with E-state index in [-0.39, 0.29) is 18.7 Å². The molecule has 6 heteroatoms. The van der Waals surface area contributed by atoms with Gasteiger partial charge in [0.25, 0.3) is 0 Å². The predicted octanol–water partition coefficient (Wildman–Crippen LogP) is 2.58. The van der Waals surface area contributed by atoms with Gasteiger partial charge in [-0.3, -0.25) is 9.69 Å². The molecule has 1 unspecified atom stereocenters. The van der Waals surface area contributed by atoms with E-state index < -0.39 is 0 Å². The molecule has 2 aromatic rings. The van der Waals surface area contributed by atoms with Crippen LogP contribution >= 0.6 is 0 Å². The minimum atomic E-state index is -0.173. The van der Waals surface area contributed by atoms with Gasteiger partial charge in [-0.15, -0.1) is 0 Å². The molecule has 2 heterocycles. The molecule has 1 amide bonds. The van der Waals surface area contributed by atoms with Crippen LogP contribution in [-0.4, -0.2) is 61.8 Å². The summed E-state index contributed by atoms with van der Waals surface area (Å²) >= 11 is 0. The molecule has 148 valence electrons. The number of ether oxygens (including phenoxy) is 2. The van der Waals surface area contributed by atoms with Gasteiger partial charge < -0.3 is 19.3 Å². The zero-order valence-corrected chi connectivity index (χ0v) is 16.5. The van der Waals surface area contributed by atoms with Crippen LogP contribution in [0.2, 0.25) is 0 Å². The number of benzene rings is 2. The van der Waals surface area contributed by atoms with E-state index in [9.17, 15) is 4.79 Å². The Morgan fingerprint density at radius 1 is 1.04 bits per heavy atom. The molecule has 0 spiro atoms. The molecule has 6 nitrogen and oxygen atoms in total. The fraction of sp³-hybridized carbons (Fsp3) is 0.409. The van der Waals surface area contributed by atoms with E-state index in [1.807, 2.05) is 43.1 Å². The van der Waals surface area contributed by atoms with Gasteiger partial charge in [-0.1, -0.05) is 24.3 Å². The third-order valence-corrected chi connectivity index (χ3v) is 5.60. The zero-order valence-electron chi connectivity index (χ0n) is 16.5. The van der Waals surface area contributed by atoms with Crippen molar-refractivity contribution in [2.45, 2.75) is 19.5 Å². The van der Waals surface area contributed by atoms with E-state index in [0.717, 1.165) is 43.2 Å². The Morgan fingerprint density at radius 2 is 1.75 bits per heavy atom. The van der Waals surface area contributed by atoms with Gasteiger partial charge in [-0.2, -0.15) is 0 Å². The molecule has 1 saturated heterocycles. The standard InChI is InChI=1S/C22H27N3O3/c1-17(23(2)15-18-8-9-20-21(14-18)28-16-27-20)22(26)25-12-10-24(11-13-25)19-6-4-3-5-7-19/h3-9,14,17H,10-13,15-16H2,1-2H3. The number of para-hydroxylation sites is 1. The Morgan fingerprint density at radius 3 is 2.50 bits per heavy atom. The molecule has 1 atom stereocenters. The highest BCUT2D eigenvalue weighted by molar-refractivity contribution is 5.81. The second-order valence-corrected chi connectivity index (χ2v) is 7.43. The Kier molecular flexibility index (Phi) is 5.39. The lowest BCUT2D eigenvalue weighted by Crippen LogP contribution is -2.53. The first-order valence-corrected chi connectivity index (χ1v) is 9.79. The summed E-state index contributed by atoms with van der Waals surface area (Å²) in [6, 6.07) is 16.2. The molecule has 2 aromatic carbocycles. The molecular formula is C22H27N3O3. The number of fused-ring (bicyclic) bond motifs is 1. The van der Waals surface area contributed by atoms with Crippen molar-refractivity contribution in [2.75, 3.05) is 44.9 Å². The van der Waals surface area contributed by atoms with Crippen LogP contribution in [0.25, 0.3) is 0 Å². The first-order chi connectivity index (χ1) is 13.6. The summed E-state index contributed by atoms with van der Waals surface area (Å²) in [5.74, 6) is 1.75. The molecule has 0 aliphatic carbocycles.